The first-order valence-electron chi connectivity index (χ1n) is 10.7. The van der Waals surface area contributed by atoms with E-state index in [1.165, 1.54) is 12.1 Å². The standard InChI is InChI=1S/C25H26N2O4S/c28-25(26-20-9-7-8-10-20)19-27(32(29,30)24-13-5-2-6-14-24)21-15-17-23(18-16-21)31-22-11-3-1-4-12-22/h1-6,11-18,20H,7-10,19H2,(H,26,28). The van der Waals surface area contributed by atoms with E-state index in [9.17, 15) is 13.2 Å². The van der Waals surface area contributed by atoms with E-state index in [-0.39, 0.29) is 23.4 Å². The van der Waals surface area contributed by atoms with Crippen molar-refractivity contribution in [3.8, 4) is 11.5 Å². The summed E-state index contributed by atoms with van der Waals surface area (Å²) < 4.78 is 33.7. The average Bonchev–Trinajstić information content (AvgIpc) is 3.32. The number of benzene rings is 3. The lowest BCUT2D eigenvalue weighted by molar-refractivity contribution is -0.120. The third-order valence-corrected chi connectivity index (χ3v) is 7.23. The molecule has 1 fully saturated rings. The molecule has 0 spiro atoms. The van der Waals surface area contributed by atoms with Gasteiger partial charge in [-0.2, -0.15) is 0 Å². The minimum absolute atomic E-state index is 0.116. The first-order chi connectivity index (χ1) is 15.5. The van der Waals surface area contributed by atoms with Gasteiger partial charge in [-0.1, -0.05) is 49.2 Å². The number of rotatable bonds is 8. The Balaban J connectivity index is 1.58. The van der Waals surface area contributed by atoms with Crippen LogP contribution in [0.5, 0.6) is 11.5 Å². The van der Waals surface area contributed by atoms with Crippen LogP contribution in [0.2, 0.25) is 0 Å². The van der Waals surface area contributed by atoms with Crippen molar-refractivity contribution in [2.45, 2.75) is 36.6 Å². The number of sulfonamides is 1. The average molecular weight is 451 g/mol. The van der Waals surface area contributed by atoms with Crippen molar-refractivity contribution in [2.75, 3.05) is 10.8 Å². The van der Waals surface area contributed by atoms with Gasteiger partial charge in [0.1, 0.15) is 18.0 Å². The highest BCUT2D eigenvalue weighted by Crippen LogP contribution is 2.28. The van der Waals surface area contributed by atoms with Gasteiger partial charge in [-0.15, -0.1) is 0 Å². The molecule has 7 heteroatoms. The second-order valence-corrected chi connectivity index (χ2v) is 9.64. The van der Waals surface area contributed by atoms with E-state index in [1.807, 2.05) is 30.3 Å². The van der Waals surface area contributed by atoms with E-state index >= 15 is 0 Å². The van der Waals surface area contributed by atoms with Gasteiger partial charge >= 0.3 is 0 Å². The van der Waals surface area contributed by atoms with Gasteiger partial charge < -0.3 is 10.1 Å². The van der Waals surface area contributed by atoms with Crippen LogP contribution in [-0.4, -0.2) is 26.9 Å². The molecule has 6 nitrogen and oxygen atoms in total. The van der Waals surface area contributed by atoms with Gasteiger partial charge in [-0.25, -0.2) is 8.42 Å². The summed E-state index contributed by atoms with van der Waals surface area (Å²) in [6.45, 7) is -0.285. The molecule has 0 aromatic heterocycles. The number of nitrogens with zero attached hydrogens (tertiary/aromatic N) is 1. The number of carbonyl (C=O) groups excluding carboxylic acids is 1. The van der Waals surface area contributed by atoms with E-state index in [1.54, 1.807) is 42.5 Å². The minimum atomic E-state index is -3.92. The molecule has 166 valence electrons. The molecule has 0 radical (unpaired) electrons. The van der Waals surface area contributed by atoms with Gasteiger partial charge in [0.15, 0.2) is 0 Å². The highest BCUT2D eigenvalue weighted by atomic mass is 32.2. The highest BCUT2D eigenvalue weighted by molar-refractivity contribution is 7.92. The van der Waals surface area contributed by atoms with Gasteiger partial charge in [0, 0.05) is 6.04 Å². The second kappa shape index (κ2) is 9.87. The van der Waals surface area contributed by atoms with Gasteiger partial charge in [-0.3, -0.25) is 9.10 Å². The lowest BCUT2D eigenvalue weighted by atomic mass is 10.2. The Bertz CT molecular complexity index is 1130. The van der Waals surface area contributed by atoms with Gasteiger partial charge in [0.2, 0.25) is 5.91 Å². The Labute approximate surface area is 188 Å². The normalized spacial score (nSPS) is 14.1. The zero-order chi connectivity index (χ0) is 22.4. The van der Waals surface area contributed by atoms with Gasteiger partial charge in [0.25, 0.3) is 10.0 Å². The summed E-state index contributed by atoms with van der Waals surface area (Å²) >= 11 is 0. The molecule has 1 aliphatic rings. The molecule has 32 heavy (non-hydrogen) atoms. The van der Waals surface area contributed by atoms with Crippen molar-refractivity contribution in [3.05, 3.63) is 84.9 Å². The molecule has 3 aromatic rings. The van der Waals surface area contributed by atoms with Crippen molar-refractivity contribution >= 4 is 21.6 Å². The maximum Gasteiger partial charge on any atom is 0.264 e. The molecule has 1 amide bonds. The Morgan fingerprint density at radius 1 is 0.844 bits per heavy atom. The zero-order valence-corrected chi connectivity index (χ0v) is 18.5. The molecule has 1 saturated carbocycles. The molecule has 0 bridgehead atoms. The maximum atomic E-state index is 13.4. The number of hydrogen-bond acceptors (Lipinski definition) is 4. The Kier molecular flexibility index (Phi) is 6.75. The van der Waals surface area contributed by atoms with Crippen LogP contribution in [0.15, 0.2) is 89.8 Å². The quantitative estimate of drug-likeness (QED) is 0.538. The van der Waals surface area contributed by atoms with Crippen molar-refractivity contribution in [3.63, 3.8) is 0 Å². The number of para-hydroxylation sites is 1. The van der Waals surface area contributed by atoms with Crippen molar-refractivity contribution in [1.82, 2.24) is 5.32 Å². The predicted octanol–water partition coefficient (Wildman–Crippen LogP) is 4.73. The third-order valence-electron chi connectivity index (χ3n) is 5.44. The monoisotopic (exact) mass is 450 g/mol. The first-order valence-corrected chi connectivity index (χ1v) is 12.2. The van der Waals surface area contributed by atoms with E-state index in [0.717, 1.165) is 30.0 Å². The van der Waals surface area contributed by atoms with Crippen molar-refractivity contribution in [1.29, 1.82) is 0 Å². The second-order valence-electron chi connectivity index (χ2n) is 7.78. The molecule has 1 N–H and O–H groups in total. The molecule has 1 aliphatic carbocycles. The van der Waals surface area contributed by atoms with Crippen LogP contribution in [0.25, 0.3) is 0 Å². The molecule has 0 aliphatic heterocycles. The number of nitrogens with one attached hydrogen (secondary N) is 1. The van der Waals surface area contributed by atoms with Gasteiger partial charge in [-0.05, 0) is 61.4 Å². The zero-order valence-electron chi connectivity index (χ0n) is 17.7. The van der Waals surface area contributed by atoms with Crippen LogP contribution >= 0.6 is 0 Å². The Morgan fingerprint density at radius 2 is 1.41 bits per heavy atom. The predicted molar refractivity (Wildman–Crippen MR) is 124 cm³/mol. The summed E-state index contributed by atoms with van der Waals surface area (Å²) in [4.78, 5) is 12.9. The number of carbonyl (C=O) groups is 1. The lowest BCUT2D eigenvalue weighted by Crippen LogP contribution is -2.43. The largest absolute Gasteiger partial charge is 0.457 e. The van der Waals surface area contributed by atoms with Crippen LogP contribution in [0.1, 0.15) is 25.7 Å². The molecule has 3 aromatic carbocycles. The van der Waals surface area contributed by atoms with Crippen LogP contribution in [0, 0.1) is 0 Å². The maximum absolute atomic E-state index is 13.4. The number of amides is 1. The summed E-state index contributed by atoms with van der Waals surface area (Å²) in [6, 6.07) is 24.3. The van der Waals surface area contributed by atoms with Crippen molar-refractivity contribution < 1.29 is 17.9 Å². The Morgan fingerprint density at radius 3 is 2.03 bits per heavy atom. The molecular weight excluding hydrogens is 424 g/mol. The van der Waals surface area contributed by atoms with E-state index in [4.69, 9.17) is 4.74 Å². The molecule has 0 saturated heterocycles. The SMILES string of the molecule is O=C(CN(c1ccc(Oc2ccccc2)cc1)S(=O)(=O)c1ccccc1)NC1CCCC1. The fraction of sp³-hybridized carbons (Fsp3) is 0.240. The summed E-state index contributed by atoms with van der Waals surface area (Å²) in [6.07, 6.45) is 4.03. The lowest BCUT2D eigenvalue weighted by Gasteiger charge is -2.25. The number of ether oxygens (including phenoxy) is 1. The molecule has 0 heterocycles. The van der Waals surface area contributed by atoms with Crippen LogP contribution < -0.4 is 14.4 Å². The van der Waals surface area contributed by atoms with Crippen molar-refractivity contribution in [2.24, 2.45) is 0 Å². The number of hydrogen-bond donors (Lipinski definition) is 1. The summed E-state index contributed by atoms with van der Waals surface area (Å²) in [7, 11) is -3.92. The van der Waals surface area contributed by atoms with Crippen LogP contribution in [0.4, 0.5) is 5.69 Å². The van der Waals surface area contributed by atoms with Gasteiger partial charge in [0.05, 0.1) is 10.6 Å². The minimum Gasteiger partial charge on any atom is -0.457 e. The molecule has 0 atom stereocenters. The Hall–Kier alpha value is -3.32. The van der Waals surface area contributed by atoms with Crippen LogP contribution in [-0.2, 0) is 14.8 Å². The molecule has 4 rings (SSSR count). The summed E-state index contributed by atoms with van der Waals surface area (Å²) in [5, 5.41) is 2.98. The van der Waals surface area contributed by atoms with E-state index in [0.29, 0.717) is 17.2 Å². The highest BCUT2D eigenvalue weighted by Gasteiger charge is 2.28. The van der Waals surface area contributed by atoms with Crippen LogP contribution in [0.3, 0.4) is 0 Å². The molecule has 0 unspecified atom stereocenters. The first kappa shape index (κ1) is 21.9. The smallest absolute Gasteiger partial charge is 0.264 e. The third kappa shape index (κ3) is 5.29. The fourth-order valence-electron chi connectivity index (χ4n) is 3.81. The fourth-order valence-corrected chi connectivity index (χ4v) is 5.26. The number of anilines is 1. The summed E-state index contributed by atoms with van der Waals surface area (Å²) in [5.41, 5.74) is 0.399. The topological polar surface area (TPSA) is 75.7 Å². The van der Waals surface area contributed by atoms with E-state index in [2.05, 4.69) is 5.32 Å². The molecular formula is C25H26N2O4S. The summed E-state index contributed by atoms with van der Waals surface area (Å²) in [5.74, 6) is 0.957. The van der Waals surface area contributed by atoms with E-state index < -0.39 is 10.0 Å².